The Morgan fingerprint density at radius 3 is 2.32 bits per heavy atom. The Kier molecular flexibility index (Phi) is 4.32. The summed E-state index contributed by atoms with van der Waals surface area (Å²) < 4.78 is 0. The van der Waals surface area contributed by atoms with E-state index >= 15 is 0 Å². The molecule has 2 aliphatic rings. The number of piperazine rings is 1. The van der Waals surface area contributed by atoms with Crippen LogP contribution in [0.2, 0.25) is 0 Å². The van der Waals surface area contributed by atoms with Gasteiger partial charge in [-0.15, -0.1) is 0 Å². The van der Waals surface area contributed by atoms with E-state index in [1.165, 1.54) is 11.3 Å². The number of carbonyl (C=O) groups excluding carboxylic acids is 2. The van der Waals surface area contributed by atoms with E-state index in [9.17, 15) is 9.59 Å². The summed E-state index contributed by atoms with van der Waals surface area (Å²) in [5.41, 5.74) is 2.47. The van der Waals surface area contributed by atoms with E-state index in [0.717, 1.165) is 39.1 Å². The van der Waals surface area contributed by atoms with E-state index in [0.29, 0.717) is 6.42 Å². The van der Waals surface area contributed by atoms with Gasteiger partial charge in [0.05, 0.1) is 6.54 Å². The number of hydrogen-bond donors (Lipinski definition) is 0. The molecular formula is C17H23N3O2. The fourth-order valence-electron chi connectivity index (χ4n) is 3.10. The molecule has 0 N–H and O–H groups in total. The fraction of sp³-hybridized carbons (Fsp3) is 0.529. The summed E-state index contributed by atoms with van der Waals surface area (Å²) in [4.78, 5) is 29.8. The minimum atomic E-state index is 0.0822. The second kappa shape index (κ2) is 6.38. The van der Waals surface area contributed by atoms with E-state index in [-0.39, 0.29) is 18.4 Å². The predicted octanol–water partition coefficient (Wildman–Crippen LogP) is 1.27. The molecule has 2 saturated heterocycles. The minimum absolute atomic E-state index is 0.0822. The molecule has 22 heavy (non-hydrogen) atoms. The molecule has 0 radical (unpaired) electrons. The summed E-state index contributed by atoms with van der Waals surface area (Å²) in [5, 5.41) is 0. The van der Waals surface area contributed by atoms with Gasteiger partial charge >= 0.3 is 0 Å². The van der Waals surface area contributed by atoms with E-state index in [1.54, 1.807) is 4.90 Å². The van der Waals surface area contributed by atoms with Gasteiger partial charge in [-0.1, -0.05) is 17.7 Å². The first kappa shape index (κ1) is 14.9. The van der Waals surface area contributed by atoms with Crippen LogP contribution in [0.5, 0.6) is 0 Å². The average molecular weight is 301 g/mol. The Balaban J connectivity index is 1.51. The molecule has 0 atom stereocenters. The number of anilines is 1. The summed E-state index contributed by atoms with van der Waals surface area (Å²) in [7, 11) is 0. The summed E-state index contributed by atoms with van der Waals surface area (Å²) in [6, 6.07) is 8.50. The predicted molar refractivity (Wildman–Crippen MR) is 85.8 cm³/mol. The van der Waals surface area contributed by atoms with Crippen LogP contribution in [-0.2, 0) is 9.59 Å². The van der Waals surface area contributed by atoms with Gasteiger partial charge in [-0.05, 0) is 25.5 Å². The zero-order valence-corrected chi connectivity index (χ0v) is 13.1. The minimum Gasteiger partial charge on any atom is -0.368 e. The van der Waals surface area contributed by atoms with E-state index in [4.69, 9.17) is 0 Å². The standard InChI is InChI=1S/C17H23N3O2/c1-14-4-6-15(7-5-14)18-9-11-19(12-10-18)17(22)13-20-8-2-3-16(20)21/h4-7H,2-3,8-13H2,1H3. The van der Waals surface area contributed by atoms with Crippen LogP contribution < -0.4 is 4.90 Å². The van der Waals surface area contributed by atoms with Crippen molar-refractivity contribution in [3.05, 3.63) is 29.8 Å². The lowest BCUT2D eigenvalue weighted by atomic mass is 10.2. The fourth-order valence-corrected chi connectivity index (χ4v) is 3.10. The van der Waals surface area contributed by atoms with Crippen molar-refractivity contribution in [2.45, 2.75) is 19.8 Å². The highest BCUT2D eigenvalue weighted by Crippen LogP contribution is 2.17. The lowest BCUT2D eigenvalue weighted by Gasteiger charge is -2.36. The molecule has 0 bridgehead atoms. The van der Waals surface area contributed by atoms with E-state index in [1.807, 2.05) is 4.90 Å². The van der Waals surface area contributed by atoms with Crippen molar-refractivity contribution >= 4 is 17.5 Å². The van der Waals surface area contributed by atoms with Crippen LogP contribution in [0.4, 0.5) is 5.69 Å². The highest BCUT2D eigenvalue weighted by atomic mass is 16.2. The van der Waals surface area contributed by atoms with E-state index < -0.39 is 0 Å². The molecule has 5 nitrogen and oxygen atoms in total. The molecule has 2 aliphatic heterocycles. The van der Waals surface area contributed by atoms with Crippen molar-refractivity contribution in [2.75, 3.05) is 44.2 Å². The highest BCUT2D eigenvalue weighted by Gasteiger charge is 2.26. The smallest absolute Gasteiger partial charge is 0.242 e. The Morgan fingerprint density at radius 2 is 1.73 bits per heavy atom. The molecule has 2 heterocycles. The second-order valence-corrected chi connectivity index (χ2v) is 6.12. The van der Waals surface area contributed by atoms with Crippen molar-refractivity contribution in [3.63, 3.8) is 0 Å². The Hall–Kier alpha value is -2.04. The van der Waals surface area contributed by atoms with Gasteiger partial charge in [-0.2, -0.15) is 0 Å². The maximum Gasteiger partial charge on any atom is 0.242 e. The molecule has 2 fully saturated rings. The molecule has 118 valence electrons. The number of rotatable bonds is 3. The van der Waals surface area contributed by atoms with Crippen LogP contribution >= 0.6 is 0 Å². The first-order valence-electron chi connectivity index (χ1n) is 8.00. The van der Waals surface area contributed by atoms with Gasteiger partial charge in [-0.25, -0.2) is 0 Å². The van der Waals surface area contributed by atoms with Gasteiger partial charge in [-0.3, -0.25) is 9.59 Å². The lowest BCUT2D eigenvalue weighted by Crippen LogP contribution is -2.51. The topological polar surface area (TPSA) is 43.9 Å². The number of benzene rings is 1. The molecular weight excluding hydrogens is 278 g/mol. The summed E-state index contributed by atoms with van der Waals surface area (Å²) in [5.74, 6) is 0.199. The average Bonchev–Trinajstić information content (AvgIpc) is 2.93. The van der Waals surface area contributed by atoms with Crippen molar-refractivity contribution < 1.29 is 9.59 Å². The molecule has 2 amide bonds. The van der Waals surface area contributed by atoms with E-state index in [2.05, 4.69) is 36.1 Å². The number of likely N-dealkylation sites (tertiary alicyclic amines) is 1. The first-order valence-corrected chi connectivity index (χ1v) is 8.00. The molecule has 0 unspecified atom stereocenters. The molecule has 5 heteroatoms. The van der Waals surface area contributed by atoms with Crippen molar-refractivity contribution in [1.29, 1.82) is 0 Å². The molecule has 0 saturated carbocycles. The van der Waals surface area contributed by atoms with Gasteiger partial charge in [0, 0.05) is 44.8 Å². The zero-order chi connectivity index (χ0) is 15.5. The van der Waals surface area contributed by atoms with Crippen molar-refractivity contribution in [2.24, 2.45) is 0 Å². The Morgan fingerprint density at radius 1 is 1.05 bits per heavy atom. The van der Waals surface area contributed by atoms with Crippen LogP contribution in [0, 0.1) is 6.92 Å². The number of aryl methyl sites for hydroxylation is 1. The van der Waals surface area contributed by atoms with Crippen LogP contribution in [0.3, 0.4) is 0 Å². The van der Waals surface area contributed by atoms with Gasteiger partial charge in [0.25, 0.3) is 0 Å². The molecule has 3 rings (SSSR count). The van der Waals surface area contributed by atoms with Gasteiger partial charge in [0.1, 0.15) is 0 Å². The van der Waals surface area contributed by atoms with Crippen molar-refractivity contribution in [1.82, 2.24) is 9.80 Å². The number of amides is 2. The quantitative estimate of drug-likeness (QED) is 0.844. The normalized spacial score (nSPS) is 19.0. The van der Waals surface area contributed by atoms with Crippen molar-refractivity contribution in [3.8, 4) is 0 Å². The molecule has 1 aromatic rings. The molecule has 0 aliphatic carbocycles. The third-order valence-electron chi connectivity index (χ3n) is 4.53. The summed E-state index contributed by atoms with van der Waals surface area (Å²) in [6.45, 7) is 6.23. The number of hydrogen-bond acceptors (Lipinski definition) is 3. The Bertz CT molecular complexity index is 548. The van der Waals surface area contributed by atoms with Crippen LogP contribution in [0.15, 0.2) is 24.3 Å². The third-order valence-corrected chi connectivity index (χ3v) is 4.53. The van der Waals surface area contributed by atoms with Crippen LogP contribution in [0.25, 0.3) is 0 Å². The Labute approximate surface area is 131 Å². The maximum absolute atomic E-state index is 12.3. The van der Waals surface area contributed by atoms with Gasteiger partial charge in [0.2, 0.25) is 11.8 Å². The molecule has 0 spiro atoms. The SMILES string of the molecule is Cc1ccc(N2CCN(C(=O)CN3CCCC3=O)CC2)cc1. The molecule has 0 aromatic heterocycles. The summed E-state index contributed by atoms with van der Waals surface area (Å²) in [6.07, 6.45) is 1.47. The second-order valence-electron chi connectivity index (χ2n) is 6.12. The maximum atomic E-state index is 12.3. The number of carbonyl (C=O) groups is 2. The number of nitrogens with zero attached hydrogens (tertiary/aromatic N) is 3. The summed E-state index contributed by atoms with van der Waals surface area (Å²) >= 11 is 0. The highest BCUT2D eigenvalue weighted by molar-refractivity contribution is 5.86. The van der Waals surface area contributed by atoms with Gasteiger partial charge < -0.3 is 14.7 Å². The lowest BCUT2D eigenvalue weighted by molar-refractivity contribution is -0.138. The first-order chi connectivity index (χ1) is 10.6. The zero-order valence-electron chi connectivity index (χ0n) is 13.1. The van der Waals surface area contributed by atoms with Crippen LogP contribution in [-0.4, -0.2) is 60.9 Å². The van der Waals surface area contributed by atoms with Crippen LogP contribution in [0.1, 0.15) is 18.4 Å². The largest absolute Gasteiger partial charge is 0.368 e. The third kappa shape index (κ3) is 3.24. The molecule has 1 aromatic carbocycles. The van der Waals surface area contributed by atoms with Gasteiger partial charge in [0.15, 0.2) is 0 Å². The monoisotopic (exact) mass is 301 g/mol.